The fourth-order valence-corrected chi connectivity index (χ4v) is 7.54. The molecule has 6 rings (SSSR count). The maximum absolute atomic E-state index is 14.8. The highest BCUT2D eigenvalue weighted by atomic mass is 35.5. The van der Waals surface area contributed by atoms with Crippen LogP contribution in [0.15, 0.2) is 78.9 Å². The van der Waals surface area contributed by atoms with E-state index in [0.29, 0.717) is 29.1 Å². The maximum Gasteiger partial charge on any atom is 0.313 e. The van der Waals surface area contributed by atoms with E-state index in [2.05, 4.69) is 5.32 Å². The van der Waals surface area contributed by atoms with Gasteiger partial charge in [0, 0.05) is 23.7 Å². The number of aliphatic hydroxyl groups is 1. The second-order valence-corrected chi connectivity index (χ2v) is 13.4. The van der Waals surface area contributed by atoms with Crippen LogP contribution in [-0.2, 0) is 28.7 Å². The zero-order valence-electron chi connectivity index (χ0n) is 26.5. The molecule has 4 aliphatic heterocycles. The number of fused-ring (bicyclic) bond motifs is 2. The van der Waals surface area contributed by atoms with E-state index in [0.717, 1.165) is 0 Å². The number of benzene rings is 2. The third kappa shape index (κ3) is 6.22. The van der Waals surface area contributed by atoms with Crippen molar-refractivity contribution < 1.29 is 33.8 Å². The van der Waals surface area contributed by atoms with E-state index < -0.39 is 53.6 Å². The van der Waals surface area contributed by atoms with E-state index >= 15 is 0 Å². The summed E-state index contributed by atoms with van der Waals surface area (Å²) in [6, 6.07) is 14.1. The first kappa shape index (κ1) is 32.9. The molecule has 1 spiro atoms. The number of nitrogens with zero attached hydrogens (tertiary/aromatic N) is 2. The smallest absolute Gasteiger partial charge is 0.313 e. The number of allylic oxidation sites excluding steroid dienone is 1. The SMILES string of the molecule is CC(C)C[C@H](CO)N1C(=O)[C@H]2[C@@H]3C(=O)O[C@@H](c4ccccc4)CNC(=O)CC/C=C\[C@@H]3O[C@]23C=CCN(c2ccc(Cl)cc2)C(=O)[C@H]13. The summed E-state index contributed by atoms with van der Waals surface area (Å²) in [5.74, 6) is -3.77. The average Bonchev–Trinajstić information content (AvgIpc) is 3.45. The molecule has 4 aliphatic rings. The summed E-state index contributed by atoms with van der Waals surface area (Å²) >= 11 is 6.15. The number of carbonyl (C=O) groups is 4. The Bertz CT molecular complexity index is 1560. The van der Waals surface area contributed by atoms with Crippen LogP contribution in [-0.4, -0.2) is 77.2 Å². The van der Waals surface area contributed by atoms with Crippen LogP contribution in [0.1, 0.15) is 44.8 Å². The van der Waals surface area contributed by atoms with Crippen molar-refractivity contribution in [1.29, 1.82) is 0 Å². The van der Waals surface area contributed by atoms with Crippen molar-refractivity contribution in [2.24, 2.45) is 17.8 Å². The summed E-state index contributed by atoms with van der Waals surface area (Å²) in [4.78, 5) is 59.4. The van der Waals surface area contributed by atoms with Gasteiger partial charge in [-0.3, -0.25) is 19.2 Å². The molecule has 0 aromatic heterocycles. The van der Waals surface area contributed by atoms with Gasteiger partial charge in [-0.25, -0.2) is 0 Å². The number of cyclic esters (lactones) is 1. The topological polar surface area (TPSA) is 125 Å². The molecule has 47 heavy (non-hydrogen) atoms. The van der Waals surface area contributed by atoms with Crippen molar-refractivity contribution in [3.8, 4) is 0 Å². The predicted octanol–water partition coefficient (Wildman–Crippen LogP) is 3.98. The van der Waals surface area contributed by atoms with Crippen LogP contribution in [0.25, 0.3) is 0 Å². The number of likely N-dealkylation sites (tertiary alicyclic amines) is 1. The van der Waals surface area contributed by atoms with Crippen LogP contribution in [0.3, 0.4) is 0 Å². The molecule has 0 unspecified atom stereocenters. The maximum atomic E-state index is 14.8. The van der Waals surface area contributed by atoms with Crippen LogP contribution >= 0.6 is 11.6 Å². The molecule has 2 saturated heterocycles. The first-order valence-corrected chi connectivity index (χ1v) is 16.6. The van der Waals surface area contributed by atoms with Crippen LogP contribution < -0.4 is 10.2 Å². The number of nitrogens with one attached hydrogen (secondary N) is 1. The normalized spacial score (nSPS) is 30.8. The van der Waals surface area contributed by atoms with Crippen molar-refractivity contribution in [3.63, 3.8) is 0 Å². The number of hydrogen-bond acceptors (Lipinski definition) is 7. The van der Waals surface area contributed by atoms with E-state index in [4.69, 9.17) is 21.1 Å². The van der Waals surface area contributed by atoms with Gasteiger partial charge >= 0.3 is 5.97 Å². The van der Waals surface area contributed by atoms with Gasteiger partial charge in [-0.15, -0.1) is 0 Å². The highest BCUT2D eigenvalue weighted by molar-refractivity contribution is 6.30. The number of ether oxygens (including phenoxy) is 2. The minimum atomic E-state index is -1.52. The molecule has 4 heterocycles. The van der Waals surface area contributed by atoms with Crippen LogP contribution in [0.2, 0.25) is 5.02 Å². The third-order valence-electron chi connectivity index (χ3n) is 9.47. The standard InChI is InChI=1S/C36H40ClN3O7/c1-22(2)19-26(21-41)40-32-34(44)39(25-15-13-24(37)14-16-25)18-8-17-36(32)31(33(40)43)30-27(47-36)11-6-7-12-29(42)38-20-28(46-35(30)45)23-9-4-3-5-10-23/h3-6,8-11,13-17,22,26-28,30-32,41H,7,12,18-21H2,1-2H3,(H,38,42)/b11-6-/t26-,27+,28-,30-,31-,32+,36-/m1/s1. The van der Waals surface area contributed by atoms with E-state index in [1.165, 1.54) is 4.90 Å². The van der Waals surface area contributed by atoms with Gasteiger partial charge in [0.15, 0.2) is 0 Å². The average molecular weight is 662 g/mol. The monoisotopic (exact) mass is 661 g/mol. The lowest BCUT2D eigenvalue weighted by Gasteiger charge is -2.39. The van der Waals surface area contributed by atoms with Crippen molar-refractivity contribution >= 4 is 41.0 Å². The quantitative estimate of drug-likeness (QED) is 0.354. The number of carbonyl (C=O) groups excluding carboxylic acids is 4. The number of amides is 3. The summed E-state index contributed by atoms with van der Waals surface area (Å²) in [5.41, 5.74) is -0.237. The van der Waals surface area contributed by atoms with Gasteiger partial charge in [0.25, 0.3) is 5.91 Å². The summed E-state index contributed by atoms with van der Waals surface area (Å²) in [6.45, 7) is 3.86. The molecule has 0 radical (unpaired) electrons. The largest absolute Gasteiger partial charge is 0.455 e. The zero-order chi connectivity index (χ0) is 33.3. The Labute approximate surface area is 279 Å². The molecule has 7 atom stereocenters. The Hall–Kier alpha value is -3.99. The highest BCUT2D eigenvalue weighted by Crippen LogP contribution is 2.54. The lowest BCUT2D eigenvalue weighted by atomic mass is 9.77. The summed E-state index contributed by atoms with van der Waals surface area (Å²) in [7, 11) is 0. The molecule has 0 aliphatic carbocycles. The van der Waals surface area contributed by atoms with E-state index in [1.807, 2.05) is 44.2 Å². The van der Waals surface area contributed by atoms with Gasteiger partial charge in [-0.05, 0) is 48.6 Å². The Balaban J connectivity index is 1.46. The number of hydrogen-bond donors (Lipinski definition) is 2. The molecule has 11 heteroatoms. The van der Waals surface area contributed by atoms with Crippen LogP contribution in [0.5, 0.6) is 0 Å². The lowest BCUT2D eigenvalue weighted by Crippen LogP contribution is -2.58. The van der Waals surface area contributed by atoms with Gasteiger partial charge in [-0.1, -0.05) is 80.1 Å². The van der Waals surface area contributed by atoms with Crippen LogP contribution in [0, 0.1) is 17.8 Å². The first-order chi connectivity index (χ1) is 22.6. The van der Waals surface area contributed by atoms with Crippen molar-refractivity contribution in [1.82, 2.24) is 10.2 Å². The molecule has 2 aromatic carbocycles. The number of aliphatic hydroxyl groups excluding tert-OH is 1. The Morgan fingerprint density at radius 1 is 1.02 bits per heavy atom. The fourth-order valence-electron chi connectivity index (χ4n) is 7.41. The second kappa shape index (κ2) is 13.6. The molecule has 0 bridgehead atoms. The Kier molecular flexibility index (Phi) is 9.55. The molecule has 3 amide bonds. The molecule has 10 nitrogen and oxygen atoms in total. The molecule has 0 saturated carbocycles. The van der Waals surface area contributed by atoms with E-state index in [9.17, 15) is 24.3 Å². The van der Waals surface area contributed by atoms with Crippen molar-refractivity contribution in [2.75, 3.05) is 24.6 Å². The zero-order valence-corrected chi connectivity index (χ0v) is 27.2. The van der Waals surface area contributed by atoms with Gasteiger partial charge in [0.2, 0.25) is 11.8 Å². The van der Waals surface area contributed by atoms with Crippen molar-refractivity contribution in [2.45, 2.75) is 63.0 Å². The molecule has 2 aromatic rings. The van der Waals surface area contributed by atoms with E-state index in [1.54, 1.807) is 53.5 Å². The predicted molar refractivity (Wildman–Crippen MR) is 175 cm³/mol. The molecular weight excluding hydrogens is 622 g/mol. The number of halogens is 1. The minimum absolute atomic E-state index is 0.0600. The lowest BCUT2D eigenvalue weighted by molar-refractivity contribution is -0.160. The second-order valence-electron chi connectivity index (χ2n) is 13.0. The number of rotatable bonds is 6. The molecular formula is C36H40ClN3O7. The Morgan fingerprint density at radius 2 is 1.77 bits per heavy atom. The highest BCUT2D eigenvalue weighted by Gasteiger charge is 2.72. The fraction of sp³-hybridized carbons (Fsp3) is 0.444. The third-order valence-corrected chi connectivity index (χ3v) is 9.72. The summed E-state index contributed by atoms with van der Waals surface area (Å²) in [6.07, 6.45) is 6.36. The number of anilines is 1. The van der Waals surface area contributed by atoms with Gasteiger partial charge in [-0.2, -0.15) is 0 Å². The molecule has 248 valence electrons. The molecule has 2 fully saturated rings. The Morgan fingerprint density at radius 3 is 2.47 bits per heavy atom. The first-order valence-electron chi connectivity index (χ1n) is 16.2. The summed E-state index contributed by atoms with van der Waals surface area (Å²) < 4.78 is 12.9. The van der Waals surface area contributed by atoms with Crippen LogP contribution in [0.4, 0.5) is 5.69 Å². The summed E-state index contributed by atoms with van der Waals surface area (Å²) in [5, 5.41) is 14.0. The van der Waals surface area contributed by atoms with Crippen molar-refractivity contribution in [3.05, 3.63) is 89.5 Å². The number of esters is 1. The van der Waals surface area contributed by atoms with Gasteiger partial charge in [0.1, 0.15) is 23.7 Å². The van der Waals surface area contributed by atoms with Gasteiger partial charge in [0.05, 0.1) is 31.2 Å². The minimum Gasteiger partial charge on any atom is -0.455 e. The van der Waals surface area contributed by atoms with Gasteiger partial charge < -0.3 is 29.7 Å². The van der Waals surface area contributed by atoms with E-state index in [-0.39, 0.29) is 43.8 Å². The molecule has 2 N–H and O–H groups in total.